The molecule has 1 aromatic heterocycles. The van der Waals surface area contributed by atoms with Gasteiger partial charge in [0.05, 0.1) is 24.2 Å². The number of carbonyl (C=O) groups excluding carboxylic acids is 1. The predicted octanol–water partition coefficient (Wildman–Crippen LogP) is 4.35. The third-order valence-electron chi connectivity index (χ3n) is 4.69. The van der Waals surface area contributed by atoms with Gasteiger partial charge in [-0.1, -0.05) is 6.07 Å². The zero-order chi connectivity index (χ0) is 18.8. The maximum absolute atomic E-state index is 11.6. The summed E-state index contributed by atoms with van der Waals surface area (Å²) in [5.41, 5.74) is 3.90. The smallest absolute Gasteiger partial charge is 0.411 e. The lowest BCUT2D eigenvalue weighted by Gasteiger charge is -2.30. The predicted molar refractivity (Wildman–Crippen MR) is 110 cm³/mol. The summed E-state index contributed by atoms with van der Waals surface area (Å²) >= 11 is 1.75. The first-order chi connectivity index (χ1) is 13.2. The normalized spacial score (nSPS) is 13.5. The Hall–Kier alpha value is -2.67. The molecule has 1 N–H and O–H groups in total. The Balaban J connectivity index is 1.59. The van der Waals surface area contributed by atoms with E-state index >= 15 is 0 Å². The summed E-state index contributed by atoms with van der Waals surface area (Å²) in [5.74, 6) is 1.04. The second kappa shape index (κ2) is 7.52. The first-order valence-corrected chi connectivity index (χ1v) is 10.2. The maximum Gasteiger partial charge on any atom is 0.411 e. The van der Waals surface area contributed by atoms with Crippen molar-refractivity contribution in [2.45, 2.75) is 24.9 Å². The van der Waals surface area contributed by atoms with Crippen LogP contribution in [-0.4, -0.2) is 35.1 Å². The van der Waals surface area contributed by atoms with Crippen LogP contribution in [0.4, 0.5) is 16.2 Å². The van der Waals surface area contributed by atoms with Crippen molar-refractivity contribution in [3.63, 3.8) is 0 Å². The Kier molecular flexibility index (Phi) is 4.94. The molecule has 3 aromatic rings. The van der Waals surface area contributed by atoms with E-state index in [0.717, 1.165) is 36.5 Å². The van der Waals surface area contributed by atoms with E-state index in [4.69, 9.17) is 9.72 Å². The van der Waals surface area contributed by atoms with Crippen molar-refractivity contribution >= 4 is 40.3 Å². The molecule has 27 heavy (non-hydrogen) atoms. The van der Waals surface area contributed by atoms with Crippen LogP contribution in [0.1, 0.15) is 12.7 Å². The summed E-state index contributed by atoms with van der Waals surface area (Å²) in [6.07, 6.45) is 1.65. The number of ether oxygens (including phenoxy) is 1. The van der Waals surface area contributed by atoms with E-state index in [1.54, 1.807) is 18.7 Å². The third-order valence-corrected chi connectivity index (χ3v) is 5.42. The summed E-state index contributed by atoms with van der Waals surface area (Å²) in [7, 11) is 0. The van der Waals surface area contributed by atoms with E-state index in [9.17, 15) is 4.79 Å². The molecule has 4 rings (SSSR count). The minimum atomic E-state index is -0.444. The first kappa shape index (κ1) is 17.7. The van der Waals surface area contributed by atoms with Crippen molar-refractivity contribution < 1.29 is 9.53 Å². The number of nitrogens with one attached hydrogen (secondary N) is 1. The number of rotatable bonds is 4. The van der Waals surface area contributed by atoms with Crippen LogP contribution in [0.25, 0.3) is 11.0 Å². The van der Waals surface area contributed by atoms with E-state index in [2.05, 4.69) is 45.3 Å². The molecule has 0 fully saturated rings. The number of thioether (sulfide) groups is 1. The number of amides is 1. The highest BCUT2D eigenvalue weighted by atomic mass is 32.2. The molecule has 0 spiro atoms. The minimum absolute atomic E-state index is 0.348. The topological polar surface area (TPSA) is 59.4 Å². The quantitative estimate of drug-likeness (QED) is 0.680. The van der Waals surface area contributed by atoms with Crippen molar-refractivity contribution in [2.75, 3.05) is 29.6 Å². The van der Waals surface area contributed by atoms with Gasteiger partial charge in [0.25, 0.3) is 0 Å². The lowest BCUT2D eigenvalue weighted by molar-refractivity contribution is 0.168. The number of imidazole rings is 1. The van der Waals surface area contributed by atoms with Crippen molar-refractivity contribution in [2.24, 2.45) is 0 Å². The van der Waals surface area contributed by atoms with Crippen LogP contribution in [-0.2, 0) is 17.8 Å². The van der Waals surface area contributed by atoms with E-state index in [-0.39, 0.29) is 0 Å². The van der Waals surface area contributed by atoms with Crippen LogP contribution in [0, 0.1) is 0 Å². The average Bonchev–Trinajstić information content (AvgIpc) is 3.05. The number of carbonyl (C=O) groups is 1. The summed E-state index contributed by atoms with van der Waals surface area (Å²) in [6, 6.07) is 14.4. The third kappa shape index (κ3) is 3.60. The molecule has 0 radical (unpaired) electrons. The van der Waals surface area contributed by atoms with Gasteiger partial charge < -0.3 is 14.2 Å². The van der Waals surface area contributed by atoms with Crippen molar-refractivity contribution in [3.05, 3.63) is 48.3 Å². The van der Waals surface area contributed by atoms with Gasteiger partial charge in [-0.2, -0.15) is 0 Å². The standard InChI is InChI=1S/C20H22N4O2S/c1-3-26-20(25)21-14-7-8-18-17(11-14)22-19-13-23(9-10-24(18)19)15-5-4-6-16(12-15)27-2/h4-8,11-12H,3,9-10,13H2,1-2H3,(H,21,25). The molecule has 0 bridgehead atoms. The molecular formula is C20H22N4O2S. The fourth-order valence-corrected chi connectivity index (χ4v) is 3.86. The summed E-state index contributed by atoms with van der Waals surface area (Å²) < 4.78 is 7.20. The van der Waals surface area contributed by atoms with Gasteiger partial charge in [-0.15, -0.1) is 11.8 Å². The fourth-order valence-electron chi connectivity index (χ4n) is 3.41. The fraction of sp³-hybridized carbons (Fsp3) is 0.300. The van der Waals surface area contributed by atoms with Crippen LogP contribution in [0.2, 0.25) is 0 Å². The van der Waals surface area contributed by atoms with Gasteiger partial charge in [0, 0.05) is 29.4 Å². The van der Waals surface area contributed by atoms with Gasteiger partial charge in [-0.3, -0.25) is 5.32 Å². The highest BCUT2D eigenvalue weighted by Gasteiger charge is 2.21. The molecule has 7 heteroatoms. The number of anilines is 2. The SMILES string of the molecule is CCOC(=O)Nc1ccc2c(c1)nc1n2CCN(c2cccc(SC)c2)C1. The molecule has 6 nitrogen and oxygen atoms in total. The molecule has 1 aliphatic heterocycles. The minimum Gasteiger partial charge on any atom is -0.450 e. The highest BCUT2D eigenvalue weighted by Crippen LogP contribution is 2.28. The van der Waals surface area contributed by atoms with Crippen molar-refractivity contribution in [1.29, 1.82) is 0 Å². The number of aromatic nitrogens is 2. The molecule has 0 saturated heterocycles. The molecule has 140 valence electrons. The Morgan fingerprint density at radius 1 is 1.26 bits per heavy atom. The zero-order valence-corrected chi connectivity index (χ0v) is 16.3. The number of benzene rings is 2. The number of nitrogens with zero attached hydrogens (tertiary/aromatic N) is 3. The summed E-state index contributed by atoms with van der Waals surface area (Å²) in [4.78, 5) is 20.1. The second-order valence-corrected chi connectivity index (χ2v) is 7.23. The Bertz CT molecular complexity index is 985. The lowest BCUT2D eigenvalue weighted by Crippen LogP contribution is -2.33. The molecule has 2 aromatic carbocycles. The van der Waals surface area contributed by atoms with Gasteiger partial charge in [0.1, 0.15) is 5.82 Å². The Morgan fingerprint density at radius 2 is 2.15 bits per heavy atom. The van der Waals surface area contributed by atoms with Gasteiger partial charge in [0.15, 0.2) is 0 Å². The molecular weight excluding hydrogens is 360 g/mol. The van der Waals surface area contributed by atoms with Crippen LogP contribution in [0.15, 0.2) is 47.4 Å². The summed E-state index contributed by atoms with van der Waals surface area (Å²) in [5, 5.41) is 2.74. The molecule has 2 heterocycles. The summed E-state index contributed by atoms with van der Waals surface area (Å²) in [6.45, 7) is 4.74. The Morgan fingerprint density at radius 3 is 2.96 bits per heavy atom. The Labute approximate surface area is 162 Å². The molecule has 0 aliphatic carbocycles. The molecule has 1 aliphatic rings. The monoisotopic (exact) mass is 382 g/mol. The van der Waals surface area contributed by atoms with E-state index < -0.39 is 6.09 Å². The molecule has 0 unspecified atom stereocenters. The van der Waals surface area contributed by atoms with Crippen LogP contribution in [0.3, 0.4) is 0 Å². The second-order valence-electron chi connectivity index (χ2n) is 6.35. The van der Waals surface area contributed by atoms with Gasteiger partial charge in [0.2, 0.25) is 0 Å². The van der Waals surface area contributed by atoms with Crippen molar-refractivity contribution in [3.8, 4) is 0 Å². The van der Waals surface area contributed by atoms with E-state index in [1.165, 1.54) is 10.6 Å². The van der Waals surface area contributed by atoms with Crippen molar-refractivity contribution in [1.82, 2.24) is 9.55 Å². The first-order valence-electron chi connectivity index (χ1n) is 9.00. The molecule has 0 atom stereocenters. The number of fused-ring (bicyclic) bond motifs is 3. The van der Waals surface area contributed by atoms with Crippen LogP contribution in [0.5, 0.6) is 0 Å². The molecule has 0 saturated carbocycles. The largest absolute Gasteiger partial charge is 0.450 e. The maximum atomic E-state index is 11.6. The highest BCUT2D eigenvalue weighted by molar-refractivity contribution is 7.98. The van der Waals surface area contributed by atoms with Crippen LogP contribution < -0.4 is 10.2 Å². The van der Waals surface area contributed by atoms with E-state index in [0.29, 0.717) is 12.3 Å². The number of hydrogen-bond donors (Lipinski definition) is 1. The van der Waals surface area contributed by atoms with Gasteiger partial charge >= 0.3 is 6.09 Å². The average molecular weight is 382 g/mol. The zero-order valence-electron chi connectivity index (χ0n) is 15.4. The van der Waals surface area contributed by atoms with Gasteiger partial charge in [-0.05, 0) is 49.6 Å². The van der Waals surface area contributed by atoms with Crippen LogP contribution >= 0.6 is 11.8 Å². The molecule has 1 amide bonds. The lowest BCUT2D eigenvalue weighted by atomic mass is 10.2. The van der Waals surface area contributed by atoms with E-state index in [1.807, 2.05) is 18.2 Å². The number of hydrogen-bond acceptors (Lipinski definition) is 5. The van der Waals surface area contributed by atoms with Gasteiger partial charge in [-0.25, -0.2) is 9.78 Å².